The second-order valence-corrected chi connectivity index (χ2v) is 4.98. The molecule has 0 aliphatic carbocycles. The molecule has 1 heterocycles. The van der Waals surface area contributed by atoms with E-state index in [9.17, 15) is 4.79 Å². The predicted octanol–water partition coefficient (Wildman–Crippen LogP) is 1.91. The van der Waals surface area contributed by atoms with Crippen LogP contribution in [0, 0.1) is 0 Å². The molecule has 100 valence electrons. The van der Waals surface area contributed by atoms with Gasteiger partial charge in [0.15, 0.2) is 0 Å². The molecule has 3 N–H and O–H groups in total. The fraction of sp³-hybridized carbons (Fsp3) is 0.182. The number of ether oxygens (including phenoxy) is 1. The van der Waals surface area contributed by atoms with Crippen molar-refractivity contribution in [2.24, 2.45) is 5.73 Å². The Bertz CT molecular complexity index is 602. The number of anilines is 1. The molecule has 0 aliphatic rings. The zero-order chi connectivity index (χ0) is 13.8. The number of carbonyl (C=O) groups is 1. The molecule has 0 saturated heterocycles. The van der Waals surface area contributed by atoms with Gasteiger partial charge in [-0.25, -0.2) is 0 Å². The smallest absolute Gasteiger partial charge is 0.248 e. The van der Waals surface area contributed by atoms with E-state index in [2.05, 4.69) is 14.9 Å². The number of carbonyl (C=O) groups excluding carboxylic acids is 1. The summed E-state index contributed by atoms with van der Waals surface area (Å²) in [5, 5.41) is 6.98. The van der Waals surface area contributed by atoms with Gasteiger partial charge in [-0.1, -0.05) is 16.1 Å². The molecular formula is C11H11ClN4O2S. The summed E-state index contributed by atoms with van der Waals surface area (Å²) in [5.41, 5.74) is 6.91. The molecule has 8 heteroatoms. The summed E-state index contributed by atoms with van der Waals surface area (Å²) in [6.45, 7) is 0.383. The largest absolute Gasteiger partial charge is 0.495 e. The highest BCUT2D eigenvalue weighted by molar-refractivity contribution is 7.10. The number of methoxy groups -OCH3 is 1. The summed E-state index contributed by atoms with van der Waals surface area (Å²) in [4.78, 5) is 11.2. The van der Waals surface area contributed by atoms with Gasteiger partial charge in [-0.05, 0) is 18.2 Å². The Kier molecular flexibility index (Phi) is 4.18. The first kappa shape index (κ1) is 13.6. The Balaban J connectivity index is 2.20. The predicted molar refractivity (Wildman–Crippen MR) is 73.8 cm³/mol. The quantitative estimate of drug-likeness (QED) is 0.880. The van der Waals surface area contributed by atoms with Gasteiger partial charge in [-0.2, -0.15) is 0 Å². The second-order valence-electron chi connectivity index (χ2n) is 3.63. The van der Waals surface area contributed by atoms with Crippen molar-refractivity contribution in [1.29, 1.82) is 0 Å². The van der Waals surface area contributed by atoms with Gasteiger partial charge >= 0.3 is 0 Å². The lowest BCUT2D eigenvalue weighted by molar-refractivity contribution is 0.100. The van der Waals surface area contributed by atoms with Gasteiger partial charge in [0.25, 0.3) is 0 Å². The van der Waals surface area contributed by atoms with E-state index in [4.69, 9.17) is 22.1 Å². The fourth-order valence-corrected chi connectivity index (χ4v) is 2.11. The van der Waals surface area contributed by atoms with E-state index in [0.717, 1.165) is 11.5 Å². The van der Waals surface area contributed by atoms with Crippen LogP contribution >= 0.6 is 23.1 Å². The molecule has 1 aromatic heterocycles. The number of hydrogen-bond acceptors (Lipinski definition) is 6. The third kappa shape index (κ3) is 3.12. The molecular weight excluding hydrogens is 288 g/mol. The number of aromatic nitrogens is 2. The molecule has 1 amide bonds. The Labute approximate surface area is 118 Å². The van der Waals surface area contributed by atoms with Gasteiger partial charge in [-0.3, -0.25) is 4.79 Å². The zero-order valence-corrected chi connectivity index (χ0v) is 11.6. The summed E-state index contributed by atoms with van der Waals surface area (Å²) in [7, 11) is 1.54. The minimum Gasteiger partial charge on any atom is -0.495 e. The van der Waals surface area contributed by atoms with Crippen molar-refractivity contribution in [3.63, 3.8) is 0 Å². The average Bonchev–Trinajstić information content (AvgIpc) is 2.81. The highest BCUT2D eigenvalue weighted by Gasteiger charge is 2.10. The van der Waals surface area contributed by atoms with E-state index in [0.29, 0.717) is 33.6 Å². The van der Waals surface area contributed by atoms with Crippen LogP contribution in [0.25, 0.3) is 0 Å². The van der Waals surface area contributed by atoms with Crippen LogP contribution in [0.2, 0.25) is 4.34 Å². The third-order valence-corrected chi connectivity index (χ3v) is 3.42. The molecule has 19 heavy (non-hydrogen) atoms. The van der Waals surface area contributed by atoms with E-state index >= 15 is 0 Å². The van der Waals surface area contributed by atoms with Crippen LogP contribution < -0.4 is 15.8 Å². The van der Waals surface area contributed by atoms with E-state index in [1.54, 1.807) is 25.3 Å². The zero-order valence-electron chi connectivity index (χ0n) is 10.0. The van der Waals surface area contributed by atoms with Gasteiger partial charge in [0.1, 0.15) is 15.8 Å². The molecule has 0 spiro atoms. The van der Waals surface area contributed by atoms with Crippen LogP contribution in [-0.4, -0.2) is 22.6 Å². The highest BCUT2D eigenvalue weighted by atomic mass is 35.5. The summed E-state index contributed by atoms with van der Waals surface area (Å²) in [6, 6.07) is 4.89. The summed E-state index contributed by atoms with van der Waals surface area (Å²) < 4.78 is 9.46. The van der Waals surface area contributed by atoms with Crippen LogP contribution in [0.15, 0.2) is 18.2 Å². The number of nitrogens with zero attached hydrogens (tertiary/aromatic N) is 2. The second kappa shape index (κ2) is 5.85. The molecule has 6 nitrogen and oxygen atoms in total. The van der Waals surface area contributed by atoms with E-state index in [-0.39, 0.29) is 0 Å². The van der Waals surface area contributed by atoms with Crippen LogP contribution in [0.3, 0.4) is 0 Å². The molecule has 0 radical (unpaired) electrons. The molecule has 0 aliphatic heterocycles. The van der Waals surface area contributed by atoms with Crippen LogP contribution in [0.1, 0.15) is 16.1 Å². The molecule has 0 saturated carbocycles. The number of rotatable bonds is 5. The van der Waals surface area contributed by atoms with Crippen LogP contribution in [0.5, 0.6) is 5.75 Å². The van der Waals surface area contributed by atoms with Crippen molar-refractivity contribution in [3.8, 4) is 5.75 Å². The summed E-state index contributed by atoms with van der Waals surface area (Å²) in [6.07, 6.45) is 0. The number of amides is 1. The number of primary amides is 1. The maximum absolute atomic E-state index is 11.2. The van der Waals surface area contributed by atoms with Crippen LogP contribution in [-0.2, 0) is 6.54 Å². The molecule has 2 aromatic rings. The topological polar surface area (TPSA) is 90.1 Å². The van der Waals surface area contributed by atoms with Crippen molar-refractivity contribution in [2.45, 2.75) is 6.54 Å². The Morgan fingerprint density at radius 1 is 1.58 bits per heavy atom. The minimum atomic E-state index is -0.501. The third-order valence-electron chi connectivity index (χ3n) is 2.44. The Morgan fingerprint density at radius 2 is 2.37 bits per heavy atom. The number of halogens is 1. The van der Waals surface area contributed by atoms with Crippen molar-refractivity contribution in [2.75, 3.05) is 12.4 Å². The monoisotopic (exact) mass is 298 g/mol. The fourth-order valence-electron chi connectivity index (χ4n) is 1.48. The molecule has 0 atom stereocenters. The number of hydrogen-bond donors (Lipinski definition) is 2. The van der Waals surface area contributed by atoms with Crippen molar-refractivity contribution >= 4 is 34.7 Å². The maximum Gasteiger partial charge on any atom is 0.248 e. The van der Waals surface area contributed by atoms with Crippen molar-refractivity contribution in [3.05, 3.63) is 33.8 Å². The standard InChI is InChI=1S/C11H11ClN4O2S/c1-18-9-3-2-6(11(13)17)4-7(9)14-5-8-10(12)19-16-15-8/h2-4,14H,5H2,1H3,(H2,13,17). The van der Waals surface area contributed by atoms with Crippen molar-refractivity contribution < 1.29 is 9.53 Å². The minimum absolute atomic E-state index is 0.383. The van der Waals surface area contributed by atoms with Gasteiger partial charge in [0.2, 0.25) is 5.91 Å². The number of benzene rings is 1. The average molecular weight is 299 g/mol. The lowest BCUT2D eigenvalue weighted by Gasteiger charge is -2.11. The molecule has 0 unspecified atom stereocenters. The van der Waals surface area contributed by atoms with Gasteiger partial charge in [0.05, 0.1) is 19.3 Å². The Morgan fingerprint density at radius 3 is 2.95 bits per heavy atom. The first-order valence-corrected chi connectivity index (χ1v) is 6.45. The maximum atomic E-state index is 11.2. The number of nitrogens with two attached hydrogens (primary N) is 1. The van der Waals surface area contributed by atoms with Gasteiger partial charge < -0.3 is 15.8 Å². The normalized spacial score (nSPS) is 10.2. The molecule has 0 bridgehead atoms. The summed E-state index contributed by atoms with van der Waals surface area (Å²) in [5.74, 6) is 0.100. The van der Waals surface area contributed by atoms with Gasteiger partial charge in [0, 0.05) is 17.1 Å². The van der Waals surface area contributed by atoms with Crippen LogP contribution in [0.4, 0.5) is 5.69 Å². The molecule has 2 rings (SSSR count). The lowest BCUT2D eigenvalue weighted by atomic mass is 10.1. The highest BCUT2D eigenvalue weighted by Crippen LogP contribution is 2.27. The molecule has 1 aromatic carbocycles. The SMILES string of the molecule is COc1ccc(C(N)=O)cc1NCc1nnsc1Cl. The number of nitrogens with one attached hydrogen (secondary N) is 1. The van der Waals surface area contributed by atoms with Crippen molar-refractivity contribution in [1.82, 2.24) is 9.59 Å². The van der Waals surface area contributed by atoms with E-state index in [1.165, 1.54) is 0 Å². The lowest BCUT2D eigenvalue weighted by Crippen LogP contribution is -2.12. The summed E-state index contributed by atoms with van der Waals surface area (Å²) >= 11 is 7.03. The van der Waals surface area contributed by atoms with Gasteiger partial charge in [-0.15, -0.1) is 5.10 Å². The Hall–Kier alpha value is -1.86. The first-order valence-electron chi connectivity index (χ1n) is 5.30. The first-order chi connectivity index (χ1) is 9.11. The molecule has 0 fully saturated rings. The van der Waals surface area contributed by atoms with E-state index in [1.807, 2.05) is 0 Å². The van der Waals surface area contributed by atoms with E-state index < -0.39 is 5.91 Å².